The maximum Gasteiger partial charge on any atom is 0.472 e. The Kier molecular flexibility index (Phi) is 9.30. The highest BCUT2D eigenvalue weighted by atomic mass is 31.2. The van der Waals surface area contributed by atoms with Gasteiger partial charge < -0.3 is 15.9 Å². The molecule has 17 heavy (non-hydrogen) atoms. The number of nitrogens with two attached hydrogens (primary N) is 1. The zero-order valence-corrected chi connectivity index (χ0v) is 10.9. The molecule has 0 radical (unpaired) electrons. The molecule has 0 aliphatic heterocycles. The number of unbranched alkanes of at least 4 members (excludes halogenated alkanes) is 2. The lowest BCUT2D eigenvalue weighted by molar-refractivity contribution is -0.120. The molecule has 1 amide bonds. The summed E-state index contributed by atoms with van der Waals surface area (Å²) in [7, 11) is -2.36. The lowest BCUT2D eigenvalue weighted by Crippen LogP contribution is -2.16. The van der Waals surface area contributed by atoms with Gasteiger partial charge in [-0.25, -0.2) is 4.57 Å². The highest BCUT2D eigenvalue weighted by Crippen LogP contribution is 2.42. The quantitative estimate of drug-likeness (QED) is 0.390. The molecule has 0 saturated carbocycles. The fourth-order valence-electron chi connectivity index (χ4n) is 1.07. The third-order valence-electron chi connectivity index (χ3n) is 1.95. The molecule has 0 rings (SSSR count). The molecule has 0 fully saturated rings. The van der Waals surface area contributed by atoms with Gasteiger partial charge in [-0.05, 0) is 12.8 Å². The second kappa shape index (κ2) is 9.56. The van der Waals surface area contributed by atoms with Gasteiger partial charge in [0.2, 0.25) is 5.91 Å². The fourth-order valence-corrected chi connectivity index (χ4v) is 1.85. The molecule has 0 spiro atoms. The predicted molar refractivity (Wildman–Crippen MR) is 63.3 cm³/mol. The Morgan fingerprint density at radius 3 is 2.53 bits per heavy atom. The minimum atomic E-state index is -3.94. The Balaban J connectivity index is 3.44. The first-order valence-corrected chi connectivity index (χ1v) is 7.04. The topological polar surface area (TPSA) is 111 Å². The van der Waals surface area contributed by atoms with Crippen LogP contribution in [0.1, 0.15) is 25.7 Å². The van der Waals surface area contributed by atoms with Crippen LogP contribution in [0.4, 0.5) is 0 Å². The first-order chi connectivity index (χ1) is 8.02. The van der Waals surface area contributed by atoms with Crippen molar-refractivity contribution in [1.29, 1.82) is 0 Å². The molecule has 1 unspecified atom stereocenters. The van der Waals surface area contributed by atoms with E-state index < -0.39 is 7.82 Å². The second-order valence-corrected chi connectivity index (χ2v) is 4.86. The normalized spacial score (nSPS) is 14.3. The van der Waals surface area contributed by atoms with E-state index in [1.807, 2.05) is 0 Å². The van der Waals surface area contributed by atoms with Crippen molar-refractivity contribution < 1.29 is 23.3 Å². The van der Waals surface area contributed by atoms with E-state index in [2.05, 4.69) is 9.84 Å². The van der Waals surface area contributed by atoms with Crippen molar-refractivity contribution in [3.05, 3.63) is 0 Å². The van der Waals surface area contributed by atoms with Crippen molar-refractivity contribution in [1.82, 2.24) is 5.32 Å². The van der Waals surface area contributed by atoms with E-state index in [9.17, 15) is 9.36 Å². The van der Waals surface area contributed by atoms with Crippen molar-refractivity contribution >= 4 is 13.7 Å². The first-order valence-electron chi connectivity index (χ1n) is 5.54. The molecule has 4 N–H and O–H groups in total. The summed E-state index contributed by atoms with van der Waals surface area (Å²) in [4.78, 5) is 20.0. The average Bonchev–Trinajstić information content (AvgIpc) is 2.30. The Labute approximate surface area is 101 Å². The number of amides is 1. The molecule has 0 heterocycles. The highest BCUT2D eigenvalue weighted by molar-refractivity contribution is 7.47. The van der Waals surface area contributed by atoms with Crippen molar-refractivity contribution in [2.75, 3.05) is 26.8 Å². The van der Waals surface area contributed by atoms with Gasteiger partial charge >= 0.3 is 7.82 Å². The second-order valence-electron chi connectivity index (χ2n) is 3.41. The van der Waals surface area contributed by atoms with Crippen LogP contribution in [0.25, 0.3) is 0 Å². The molecule has 0 bridgehead atoms. The lowest BCUT2D eigenvalue weighted by Gasteiger charge is -2.11. The Morgan fingerprint density at radius 2 is 1.94 bits per heavy atom. The van der Waals surface area contributed by atoms with Crippen molar-refractivity contribution in [3.8, 4) is 0 Å². The van der Waals surface area contributed by atoms with Crippen molar-refractivity contribution in [2.45, 2.75) is 25.7 Å². The molecule has 7 nitrogen and oxygen atoms in total. The van der Waals surface area contributed by atoms with E-state index in [4.69, 9.17) is 15.2 Å². The first kappa shape index (κ1) is 16.5. The zero-order valence-electron chi connectivity index (χ0n) is 10.1. The number of carbonyl (C=O) groups excluding carboxylic acids is 1. The smallest absolute Gasteiger partial charge is 0.359 e. The molecular formula is C9H21N2O5P. The van der Waals surface area contributed by atoms with E-state index in [1.165, 1.54) is 0 Å². The summed E-state index contributed by atoms with van der Waals surface area (Å²) in [6.07, 6.45) is 2.54. The largest absolute Gasteiger partial charge is 0.472 e. The lowest BCUT2D eigenvalue weighted by atomic mass is 10.2. The van der Waals surface area contributed by atoms with E-state index in [1.54, 1.807) is 7.05 Å². The fraction of sp³-hybridized carbons (Fsp3) is 0.889. The minimum Gasteiger partial charge on any atom is -0.359 e. The Morgan fingerprint density at radius 1 is 1.29 bits per heavy atom. The maximum absolute atomic E-state index is 11.2. The molecule has 0 aromatic heterocycles. The third-order valence-corrected chi connectivity index (χ3v) is 2.97. The Hall–Kier alpha value is -0.460. The van der Waals surface area contributed by atoms with Gasteiger partial charge in [0.1, 0.15) is 0 Å². The average molecular weight is 268 g/mol. The number of hydrogen-bond acceptors (Lipinski definition) is 5. The van der Waals surface area contributed by atoms with Crippen LogP contribution in [-0.4, -0.2) is 37.6 Å². The third kappa shape index (κ3) is 10.4. The number of phosphoric ester groups is 1. The highest BCUT2D eigenvalue weighted by Gasteiger charge is 2.19. The SMILES string of the molecule is CNC(=O)CCCCCOP(=O)(O)OCCN. The van der Waals surface area contributed by atoms with Crippen molar-refractivity contribution in [3.63, 3.8) is 0 Å². The molecule has 0 aromatic rings. The van der Waals surface area contributed by atoms with Crippen LogP contribution < -0.4 is 11.1 Å². The summed E-state index contributed by atoms with van der Waals surface area (Å²) in [6.45, 7) is 0.288. The van der Waals surface area contributed by atoms with E-state index in [0.717, 1.165) is 12.8 Å². The van der Waals surface area contributed by atoms with E-state index in [0.29, 0.717) is 12.8 Å². The van der Waals surface area contributed by atoms with Gasteiger partial charge in [0.15, 0.2) is 0 Å². The summed E-state index contributed by atoms with van der Waals surface area (Å²) in [5.74, 6) is -0.00923. The molecular weight excluding hydrogens is 247 g/mol. The van der Waals surface area contributed by atoms with Crippen LogP contribution in [0.15, 0.2) is 0 Å². The van der Waals surface area contributed by atoms with Gasteiger partial charge in [-0.3, -0.25) is 13.8 Å². The summed E-state index contributed by atoms with van der Waals surface area (Å²) in [6, 6.07) is 0. The molecule has 102 valence electrons. The van der Waals surface area contributed by atoms with Crippen LogP contribution in [-0.2, 0) is 18.4 Å². The summed E-state index contributed by atoms with van der Waals surface area (Å²) < 4.78 is 20.4. The van der Waals surface area contributed by atoms with Crippen LogP contribution >= 0.6 is 7.82 Å². The number of rotatable bonds is 10. The maximum atomic E-state index is 11.2. The number of hydrogen-bond donors (Lipinski definition) is 3. The number of carbonyl (C=O) groups is 1. The van der Waals surface area contributed by atoms with Crippen LogP contribution in [0.5, 0.6) is 0 Å². The standard InChI is InChI=1S/C9H21N2O5P/c1-11-9(12)5-3-2-4-7-15-17(13,14)16-8-6-10/h2-8,10H2,1H3,(H,11,12)(H,13,14). The van der Waals surface area contributed by atoms with Crippen LogP contribution in [0.3, 0.4) is 0 Å². The van der Waals surface area contributed by atoms with Crippen molar-refractivity contribution in [2.24, 2.45) is 5.73 Å². The number of phosphoric acid groups is 1. The van der Waals surface area contributed by atoms with Crippen LogP contribution in [0, 0.1) is 0 Å². The van der Waals surface area contributed by atoms with Gasteiger partial charge in [0, 0.05) is 20.0 Å². The number of nitrogens with one attached hydrogen (secondary N) is 1. The van der Waals surface area contributed by atoms with Gasteiger partial charge in [0.25, 0.3) is 0 Å². The molecule has 0 aliphatic rings. The van der Waals surface area contributed by atoms with Crippen LogP contribution in [0.2, 0.25) is 0 Å². The summed E-state index contributed by atoms with van der Waals surface area (Å²) in [5, 5.41) is 2.52. The van der Waals surface area contributed by atoms with E-state index in [-0.39, 0.29) is 25.7 Å². The molecule has 1 atom stereocenters. The zero-order chi connectivity index (χ0) is 13.1. The van der Waals surface area contributed by atoms with Gasteiger partial charge in [0.05, 0.1) is 13.2 Å². The summed E-state index contributed by atoms with van der Waals surface area (Å²) >= 11 is 0. The molecule has 8 heteroatoms. The van der Waals surface area contributed by atoms with Gasteiger partial charge in [-0.15, -0.1) is 0 Å². The minimum absolute atomic E-state index is 0.00923. The molecule has 0 saturated heterocycles. The van der Waals surface area contributed by atoms with Gasteiger partial charge in [-0.1, -0.05) is 6.42 Å². The molecule has 0 aliphatic carbocycles. The Bertz CT molecular complexity index is 262. The van der Waals surface area contributed by atoms with Gasteiger partial charge in [-0.2, -0.15) is 0 Å². The monoisotopic (exact) mass is 268 g/mol. The summed E-state index contributed by atoms with van der Waals surface area (Å²) in [5.41, 5.74) is 5.12. The van der Waals surface area contributed by atoms with E-state index >= 15 is 0 Å². The predicted octanol–water partition coefficient (Wildman–Crippen LogP) is 0.385. The molecule has 0 aromatic carbocycles.